The lowest BCUT2D eigenvalue weighted by atomic mass is 10.2. The van der Waals surface area contributed by atoms with Gasteiger partial charge in [-0.2, -0.15) is 0 Å². The van der Waals surface area contributed by atoms with E-state index >= 15 is 0 Å². The van der Waals surface area contributed by atoms with Gasteiger partial charge in [-0.25, -0.2) is 9.97 Å². The minimum Gasteiger partial charge on any atom is -0.326 e. The van der Waals surface area contributed by atoms with Gasteiger partial charge in [-0.05, 0) is 18.2 Å². The normalized spacial score (nSPS) is 10.6. The number of anilines is 1. The van der Waals surface area contributed by atoms with Crippen LogP contribution in [-0.4, -0.2) is 20.4 Å². The molecule has 0 aliphatic heterocycles. The van der Waals surface area contributed by atoms with Crippen molar-refractivity contribution in [3.63, 3.8) is 0 Å². The lowest BCUT2D eigenvalue weighted by Gasteiger charge is -2.07. The third-order valence-electron chi connectivity index (χ3n) is 3.85. The van der Waals surface area contributed by atoms with E-state index in [1.165, 1.54) is 0 Å². The average molecular weight is 360 g/mol. The monoisotopic (exact) mass is 360 g/mol. The van der Waals surface area contributed by atoms with E-state index < -0.39 is 0 Å². The summed E-state index contributed by atoms with van der Waals surface area (Å²) >= 11 is 1.55. The number of carbonyl (C=O) groups is 1. The molecule has 6 heteroatoms. The molecule has 1 N–H and O–H groups in total. The topological polar surface area (TPSA) is 59.8 Å². The second kappa shape index (κ2) is 7.33. The summed E-state index contributed by atoms with van der Waals surface area (Å²) in [7, 11) is 0. The molecule has 0 fully saturated rings. The lowest BCUT2D eigenvalue weighted by Crippen LogP contribution is -2.14. The van der Waals surface area contributed by atoms with Gasteiger partial charge in [0.2, 0.25) is 5.91 Å². The molecule has 1 amide bonds. The van der Waals surface area contributed by atoms with Crippen molar-refractivity contribution in [2.45, 2.75) is 6.42 Å². The Kier molecular flexibility index (Phi) is 4.57. The van der Waals surface area contributed by atoms with Gasteiger partial charge >= 0.3 is 0 Å². The third-order valence-corrected chi connectivity index (χ3v) is 4.79. The summed E-state index contributed by atoms with van der Waals surface area (Å²) in [5.74, 6) is -0.0855. The zero-order valence-corrected chi connectivity index (χ0v) is 14.7. The van der Waals surface area contributed by atoms with Crippen LogP contribution < -0.4 is 5.32 Å². The number of nitrogens with zero attached hydrogens (tertiary/aromatic N) is 3. The summed E-state index contributed by atoms with van der Waals surface area (Å²) in [5.41, 5.74) is 3.54. The van der Waals surface area contributed by atoms with Gasteiger partial charge in [-0.1, -0.05) is 36.4 Å². The molecular weight excluding hydrogens is 344 g/mol. The maximum Gasteiger partial charge on any atom is 0.230 e. The molecule has 0 radical (unpaired) electrons. The van der Waals surface area contributed by atoms with Crippen molar-refractivity contribution in [3.8, 4) is 16.3 Å². The van der Waals surface area contributed by atoms with Crippen molar-refractivity contribution in [2.24, 2.45) is 0 Å². The number of nitrogens with one attached hydrogen (secondary N) is 1. The first-order valence-corrected chi connectivity index (χ1v) is 9.04. The van der Waals surface area contributed by atoms with Crippen LogP contribution in [0.4, 0.5) is 5.69 Å². The zero-order chi connectivity index (χ0) is 17.8. The maximum atomic E-state index is 12.4. The van der Waals surface area contributed by atoms with Crippen molar-refractivity contribution in [3.05, 3.63) is 84.4 Å². The molecule has 0 unspecified atom stereocenters. The van der Waals surface area contributed by atoms with Gasteiger partial charge in [-0.3, -0.25) is 4.79 Å². The van der Waals surface area contributed by atoms with Crippen LogP contribution in [0.1, 0.15) is 5.69 Å². The van der Waals surface area contributed by atoms with Gasteiger partial charge in [0, 0.05) is 34.7 Å². The van der Waals surface area contributed by atoms with Crippen LogP contribution in [0.2, 0.25) is 0 Å². The molecule has 0 spiro atoms. The predicted molar refractivity (Wildman–Crippen MR) is 103 cm³/mol. The van der Waals surface area contributed by atoms with E-state index in [2.05, 4.69) is 15.3 Å². The number of imidazole rings is 1. The Morgan fingerprint density at radius 2 is 2.00 bits per heavy atom. The molecule has 128 valence electrons. The Bertz CT molecular complexity index is 1010. The Labute approximate surface area is 155 Å². The number of thiazole rings is 1. The van der Waals surface area contributed by atoms with Crippen molar-refractivity contribution in [2.75, 3.05) is 5.32 Å². The molecule has 4 rings (SSSR count). The predicted octanol–water partition coefficient (Wildman–Crippen LogP) is 4.18. The molecule has 2 aromatic heterocycles. The standard InChI is InChI=1S/C20H16N4OS/c25-19(12-17-13-26-20(23-17)15-5-2-1-3-6-15)22-16-7-4-8-18(11-16)24-10-9-21-14-24/h1-11,13-14H,12H2,(H,22,25). The number of hydrogen-bond acceptors (Lipinski definition) is 4. The molecule has 0 saturated heterocycles. The van der Waals surface area contributed by atoms with Crippen molar-refractivity contribution in [1.29, 1.82) is 0 Å². The summed E-state index contributed by atoms with van der Waals surface area (Å²) in [6, 6.07) is 17.6. The molecular formula is C20H16N4OS. The summed E-state index contributed by atoms with van der Waals surface area (Å²) in [4.78, 5) is 21.0. The van der Waals surface area contributed by atoms with Crippen molar-refractivity contribution in [1.82, 2.24) is 14.5 Å². The van der Waals surface area contributed by atoms with Gasteiger partial charge in [0.05, 0.1) is 18.4 Å². The van der Waals surface area contributed by atoms with Crippen LogP contribution in [0.5, 0.6) is 0 Å². The van der Waals surface area contributed by atoms with Gasteiger partial charge < -0.3 is 9.88 Å². The zero-order valence-electron chi connectivity index (χ0n) is 13.9. The SMILES string of the molecule is O=C(Cc1csc(-c2ccccc2)n1)Nc1cccc(-n2ccnc2)c1. The summed E-state index contributed by atoms with van der Waals surface area (Å²) in [6.45, 7) is 0. The molecule has 5 nitrogen and oxygen atoms in total. The van der Waals surface area contributed by atoms with Crippen LogP contribution in [0.3, 0.4) is 0 Å². The molecule has 2 heterocycles. The largest absolute Gasteiger partial charge is 0.326 e. The fraction of sp³-hybridized carbons (Fsp3) is 0.0500. The van der Waals surface area contributed by atoms with E-state index in [-0.39, 0.29) is 12.3 Å². The van der Waals surface area contributed by atoms with Gasteiger partial charge in [0.25, 0.3) is 0 Å². The van der Waals surface area contributed by atoms with E-state index in [9.17, 15) is 4.79 Å². The first-order chi connectivity index (χ1) is 12.8. The van der Waals surface area contributed by atoms with Crippen LogP contribution in [0.25, 0.3) is 16.3 Å². The fourth-order valence-electron chi connectivity index (χ4n) is 2.63. The Hall–Kier alpha value is -3.25. The molecule has 0 aliphatic carbocycles. The lowest BCUT2D eigenvalue weighted by molar-refractivity contribution is -0.115. The minimum atomic E-state index is -0.0855. The van der Waals surface area contributed by atoms with Gasteiger partial charge in [-0.15, -0.1) is 11.3 Å². The van der Waals surface area contributed by atoms with Crippen LogP contribution >= 0.6 is 11.3 Å². The van der Waals surface area contributed by atoms with E-state index in [4.69, 9.17) is 0 Å². The quantitative estimate of drug-likeness (QED) is 0.581. The highest BCUT2D eigenvalue weighted by atomic mass is 32.1. The van der Waals surface area contributed by atoms with Crippen LogP contribution in [0, 0.1) is 0 Å². The second-order valence-electron chi connectivity index (χ2n) is 5.76. The molecule has 4 aromatic rings. The van der Waals surface area contributed by atoms with E-state index in [1.54, 1.807) is 23.9 Å². The molecule has 26 heavy (non-hydrogen) atoms. The highest BCUT2D eigenvalue weighted by molar-refractivity contribution is 7.13. The molecule has 2 aromatic carbocycles. The second-order valence-corrected chi connectivity index (χ2v) is 6.61. The van der Waals surface area contributed by atoms with Crippen molar-refractivity contribution >= 4 is 22.9 Å². The van der Waals surface area contributed by atoms with Crippen LogP contribution in [0.15, 0.2) is 78.7 Å². The Morgan fingerprint density at radius 3 is 2.81 bits per heavy atom. The molecule has 0 bridgehead atoms. The number of rotatable bonds is 5. The van der Waals surface area contributed by atoms with Crippen molar-refractivity contribution < 1.29 is 4.79 Å². The summed E-state index contributed by atoms with van der Waals surface area (Å²) in [6.07, 6.45) is 5.55. The van der Waals surface area contributed by atoms with E-state index in [0.717, 1.165) is 27.6 Å². The number of hydrogen-bond donors (Lipinski definition) is 1. The number of aromatic nitrogens is 3. The average Bonchev–Trinajstić information content (AvgIpc) is 3.35. The first-order valence-electron chi connectivity index (χ1n) is 8.16. The Morgan fingerprint density at radius 1 is 1.12 bits per heavy atom. The smallest absolute Gasteiger partial charge is 0.230 e. The minimum absolute atomic E-state index is 0.0855. The number of benzene rings is 2. The summed E-state index contributed by atoms with van der Waals surface area (Å²) in [5, 5.41) is 5.79. The van der Waals surface area contributed by atoms with Crippen LogP contribution in [-0.2, 0) is 11.2 Å². The third kappa shape index (κ3) is 3.70. The molecule has 0 atom stereocenters. The van der Waals surface area contributed by atoms with E-state index in [0.29, 0.717) is 0 Å². The first kappa shape index (κ1) is 16.2. The number of amides is 1. The Balaban J connectivity index is 1.43. The summed E-state index contributed by atoms with van der Waals surface area (Å²) < 4.78 is 1.89. The highest BCUT2D eigenvalue weighted by Crippen LogP contribution is 2.23. The van der Waals surface area contributed by atoms with Gasteiger partial charge in [0.1, 0.15) is 5.01 Å². The van der Waals surface area contributed by atoms with Gasteiger partial charge in [0.15, 0.2) is 0 Å². The highest BCUT2D eigenvalue weighted by Gasteiger charge is 2.10. The molecule has 0 saturated carbocycles. The fourth-order valence-corrected chi connectivity index (χ4v) is 3.45. The number of carbonyl (C=O) groups excluding carboxylic acids is 1. The maximum absolute atomic E-state index is 12.4. The van der Waals surface area contributed by atoms with E-state index in [1.807, 2.05) is 70.7 Å². The molecule has 0 aliphatic rings.